The van der Waals surface area contributed by atoms with Gasteiger partial charge >= 0.3 is 0 Å². The van der Waals surface area contributed by atoms with Crippen LogP contribution in [0.4, 0.5) is 0 Å². The van der Waals surface area contributed by atoms with Gasteiger partial charge in [0.25, 0.3) is 0 Å². The molecule has 1 aliphatic heterocycles. The molecule has 2 atom stereocenters. The van der Waals surface area contributed by atoms with Crippen LogP contribution in [0.25, 0.3) is 0 Å². The Morgan fingerprint density at radius 1 is 1.31 bits per heavy atom. The van der Waals surface area contributed by atoms with Crippen molar-refractivity contribution >= 4 is 11.8 Å². The lowest BCUT2D eigenvalue weighted by atomic mass is 9.77. The van der Waals surface area contributed by atoms with Gasteiger partial charge in [-0.2, -0.15) is 0 Å². The highest BCUT2D eigenvalue weighted by molar-refractivity contribution is 5.93. The van der Waals surface area contributed by atoms with E-state index in [1.807, 2.05) is 17.0 Å². The number of hydrogen-bond acceptors (Lipinski definition) is 5. The van der Waals surface area contributed by atoms with Crippen LogP contribution in [0.2, 0.25) is 0 Å². The fourth-order valence-electron chi connectivity index (χ4n) is 4.75. The predicted octanol–water partition coefficient (Wildman–Crippen LogP) is 1.39. The Morgan fingerprint density at radius 3 is 2.76 bits per heavy atom. The van der Waals surface area contributed by atoms with Crippen molar-refractivity contribution in [1.29, 1.82) is 0 Å². The van der Waals surface area contributed by atoms with Gasteiger partial charge in [0.2, 0.25) is 11.8 Å². The number of nitrogens with two attached hydrogens (primary N) is 1. The van der Waals surface area contributed by atoms with Gasteiger partial charge in [-0.15, -0.1) is 0 Å². The number of aliphatic hydroxyl groups excluding tert-OH is 1. The molecule has 0 spiro atoms. The Morgan fingerprint density at radius 2 is 2.07 bits per heavy atom. The second-order valence-electron chi connectivity index (χ2n) is 8.20. The second-order valence-corrected chi connectivity index (χ2v) is 8.20. The molecular formula is C22H33N3O4. The highest BCUT2D eigenvalue weighted by Crippen LogP contribution is 2.42. The van der Waals surface area contributed by atoms with Gasteiger partial charge in [-0.25, -0.2) is 0 Å². The number of primary amides is 1. The van der Waals surface area contributed by atoms with Crippen LogP contribution in [0.5, 0.6) is 0 Å². The van der Waals surface area contributed by atoms with Crippen molar-refractivity contribution in [2.75, 3.05) is 33.4 Å². The fraction of sp³-hybridized carbons (Fsp3) is 0.636. The standard InChI is InChI=1S/C22H33N3O4/c1-29-14-18(26)12-24-13-20(27)25-10-9-16-11-17(22(23)28)7-8-19(16)21(25)15-5-3-2-4-6-15/h7-8,11,15,18,21,24,26H,2-6,9-10,12-14H2,1H3,(H2,23,28). The second kappa shape index (κ2) is 10.2. The van der Waals surface area contributed by atoms with Crippen LogP contribution in [0, 0.1) is 5.92 Å². The van der Waals surface area contributed by atoms with Crippen molar-refractivity contribution in [2.24, 2.45) is 11.7 Å². The van der Waals surface area contributed by atoms with E-state index in [4.69, 9.17) is 10.5 Å². The van der Waals surface area contributed by atoms with E-state index in [1.165, 1.54) is 26.4 Å². The molecule has 1 saturated carbocycles. The molecule has 1 fully saturated rings. The maximum Gasteiger partial charge on any atom is 0.248 e. The monoisotopic (exact) mass is 403 g/mol. The lowest BCUT2D eigenvalue weighted by molar-refractivity contribution is -0.135. The number of ether oxygens (including phenoxy) is 1. The fourth-order valence-corrected chi connectivity index (χ4v) is 4.75. The number of rotatable bonds is 8. The van der Waals surface area contributed by atoms with E-state index in [-0.39, 0.29) is 25.1 Å². The summed E-state index contributed by atoms with van der Waals surface area (Å²) in [6, 6.07) is 5.71. The first-order valence-electron chi connectivity index (χ1n) is 10.6. The molecule has 1 aliphatic carbocycles. The Kier molecular flexibility index (Phi) is 7.64. The summed E-state index contributed by atoms with van der Waals surface area (Å²) in [7, 11) is 1.54. The van der Waals surface area contributed by atoms with Gasteiger partial charge in [0, 0.05) is 25.8 Å². The summed E-state index contributed by atoms with van der Waals surface area (Å²) in [6.07, 6.45) is 5.97. The van der Waals surface area contributed by atoms with Gasteiger partial charge in [-0.05, 0) is 48.4 Å². The summed E-state index contributed by atoms with van der Waals surface area (Å²) in [6.45, 7) is 1.39. The minimum absolute atomic E-state index is 0.0409. The topological polar surface area (TPSA) is 105 Å². The molecular weight excluding hydrogens is 370 g/mol. The van der Waals surface area contributed by atoms with Crippen molar-refractivity contribution in [2.45, 2.75) is 50.7 Å². The van der Waals surface area contributed by atoms with Crippen molar-refractivity contribution in [1.82, 2.24) is 10.2 Å². The van der Waals surface area contributed by atoms with Gasteiger partial charge in [0.1, 0.15) is 0 Å². The van der Waals surface area contributed by atoms with Crippen LogP contribution >= 0.6 is 0 Å². The first-order valence-corrected chi connectivity index (χ1v) is 10.6. The third-order valence-electron chi connectivity index (χ3n) is 6.14. The summed E-state index contributed by atoms with van der Waals surface area (Å²) in [4.78, 5) is 26.6. The van der Waals surface area contributed by atoms with E-state index < -0.39 is 12.0 Å². The molecule has 1 aromatic rings. The van der Waals surface area contributed by atoms with E-state index in [9.17, 15) is 14.7 Å². The molecule has 2 amide bonds. The zero-order valence-corrected chi connectivity index (χ0v) is 17.2. The zero-order valence-electron chi connectivity index (χ0n) is 17.2. The first-order chi connectivity index (χ1) is 14.0. The van der Waals surface area contributed by atoms with Crippen molar-refractivity contribution in [3.8, 4) is 0 Å². The lowest BCUT2D eigenvalue weighted by Gasteiger charge is -2.43. The van der Waals surface area contributed by atoms with Crippen LogP contribution in [-0.2, 0) is 16.0 Å². The summed E-state index contributed by atoms with van der Waals surface area (Å²) >= 11 is 0. The van der Waals surface area contributed by atoms with Gasteiger partial charge < -0.3 is 25.8 Å². The smallest absolute Gasteiger partial charge is 0.248 e. The highest BCUT2D eigenvalue weighted by Gasteiger charge is 2.36. The average Bonchev–Trinajstić information content (AvgIpc) is 2.73. The van der Waals surface area contributed by atoms with E-state index >= 15 is 0 Å². The number of nitrogens with one attached hydrogen (secondary N) is 1. The number of nitrogens with zero attached hydrogens (tertiary/aromatic N) is 1. The molecule has 4 N–H and O–H groups in total. The van der Waals surface area contributed by atoms with Gasteiger partial charge in [0.05, 0.1) is 25.3 Å². The predicted molar refractivity (Wildman–Crippen MR) is 110 cm³/mol. The Labute approximate surface area is 172 Å². The molecule has 3 rings (SSSR count). The maximum absolute atomic E-state index is 13.1. The maximum atomic E-state index is 13.1. The molecule has 7 heteroatoms. The van der Waals surface area contributed by atoms with E-state index in [0.29, 0.717) is 24.6 Å². The lowest BCUT2D eigenvalue weighted by Crippen LogP contribution is -2.47. The van der Waals surface area contributed by atoms with Crippen LogP contribution in [0.15, 0.2) is 18.2 Å². The molecule has 29 heavy (non-hydrogen) atoms. The van der Waals surface area contributed by atoms with E-state index in [0.717, 1.165) is 30.4 Å². The number of methoxy groups -OCH3 is 1. The van der Waals surface area contributed by atoms with E-state index in [2.05, 4.69) is 5.32 Å². The van der Waals surface area contributed by atoms with Crippen molar-refractivity contribution < 1.29 is 19.4 Å². The van der Waals surface area contributed by atoms with Crippen molar-refractivity contribution in [3.63, 3.8) is 0 Å². The molecule has 2 unspecified atom stereocenters. The molecule has 0 bridgehead atoms. The molecule has 7 nitrogen and oxygen atoms in total. The van der Waals surface area contributed by atoms with Crippen LogP contribution < -0.4 is 11.1 Å². The third-order valence-corrected chi connectivity index (χ3v) is 6.14. The number of aliphatic hydroxyl groups is 1. The summed E-state index contributed by atoms with van der Waals surface area (Å²) in [5, 5.41) is 12.8. The normalized spacial score (nSPS) is 20.9. The van der Waals surface area contributed by atoms with Gasteiger partial charge in [-0.3, -0.25) is 9.59 Å². The van der Waals surface area contributed by atoms with Crippen LogP contribution in [0.3, 0.4) is 0 Å². The number of carbonyl (C=O) groups is 2. The Hall–Kier alpha value is -1.96. The number of carbonyl (C=O) groups excluding carboxylic acids is 2. The summed E-state index contributed by atoms with van der Waals surface area (Å²) < 4.78 is 4.92. The third kappa shape index (κ3) is 5.35. The van der Waals surface area contributed by atoms with Crippen molar-refractivity contribution in [3.05, 3.63) is 34.9 Å². The Balaban J connectivity index is 1.77. The first kappa shape index (κ1) is 21.7. The molecule has 160 valence electrons. The number of benzene rings is 1. The van der Waals surface area contributed by atoms with E-state index in [1.54, 1.807) is 6.07 Å². The minimum Gasteiger partial charge on any atom is -0.389 e. The molecule has 2 aliphatic rings. The largest absolute Gasteiger partial charge is 0.389 e. The van der Waals surface area contributed by atoms with Crippen LogP contribution in [0.1, 0.15) is 59.6 Å². The van der Waals surface area contributed by atoms with Crippen LogP contribution in [-0.4, -0.2) is 61.3 Å². The highest BCUT2D eigenvalue weighted by atomic mass is 16.5. The minimum atomic E-state index is -0.628. The molecule has 0 radical (unpaired) electrons. The average molecular weight is 404 g/mol. The number of hydrogen-bond donors (Lipinski definition) is 3. The quantitative estimate of drug-likeness (QED) is 0.608. The molecule has 1 heterocycles. The summed E-state index contributed by atoms with van der Waals surface area (Å²) in [5.74, 6) is 0.0689. The molecule has 1 aromatic carbocycles. The molecule has 0 saturated heterocycles. The number of amides is 2. The number of fused-ring (bicyclic) bond motifs is 1. The Bertz CT molecular complexity index is 718. The summed E-state index contributed by atoms with van der Waals surface area (Å²) in [5.41, 5.74) is 8.27. The van der Waals surface area contributed by atoms with Gasteiger partial charge in [-0.1, -0.05) is 25.3 Å². The molecule has 0 aromatic heterocycles. The SMILES string of the molecule is COCC(O)CNCC(=O)N1CCc2cc(C(N)=O)ccc2C1C1CCCCC1. The zero-order chi connectivity index (χ0) is 20.8. The van der Waals surface area contributed by atoms with Gasteiger partial charge in [0.15, 0.2) is 0 Å².